The average molecular weight is 453 g/mol. The van der Waals surface area contributed by atoms with E-state index in [4.69, 9.17) is 14.2 Å². The molecule has 1 fully saturated rings. The molecule has 1 amide bonds. The molecule has 174 valence electrons. The second kappa shape index (κ2) is 9.15. The van der Waals surface area contributed by atoms with Crippen molar-refractivity contribution in [2.75, 3.05) is 38.9 Å². The number of carbonyl (C=O) groups is 2. The Morgan fingerprint density at radius 1 is 1.12 bits per heavy atom. The van der Waals surface area contributed by atoms with E-state index < -0.39 is 17.7 Å². The smallest absolute Gasteiger partial charge is 0.295 e. The van der Waals surface area contributed by atoms with Crippen molar-refractivity contribution < 1.29 is 28.9 Å². The van der Waals surface area contributed by atoms with Crippen LogP contribution in [0.2, 0.25) is 0 Å². The van der Waals surface area contributed by atoms with Crippen LogP contribution in [0.1, 0.15) is 31.0 Å². The van der Waals surface area contributed by atoms with Gasteiger partial charge in [0, 0.05) is 31.9 Å². The first-order valence-corrected chi connectivity index (χ1v) is 10.8. The number of Topliss-reactive ketones (excluding diaryl/α,β-unsaturated/α-hetero) is 1. The van der Waals surface area contributed by atoms with Gasteiger partial charge in [0.2, 0.25) is 6.79 Å². The molecule has 4 rings (SSSR count). The molecule has 0 bridgehead atoms. The van der Waals surface area contributed by atoms with Crippen molar-refractivity contribution in [1.82, 2.24) is 4.90 Å². The number of rotatable bonds is 7. The van der Waals surface area contributed by atoms with Crippen molar-refractivity contribution in [3.8, 4) is 11.5 Å². The Morgan fingerprint density at radius 3 is 2.48 bits per heavy atom. The Morgan fingerprint density at radius 2 is 1.82 bits per heavy atom. The van der Waals surface area contributed by atoms with E-state index >= 15 is 0 Å². The van der Waals surface area contributed by atoms with Gasteiger partial charge in [0.25, 0.3) is 11.7 Å². The fraction of sp³-hybridized carbons (Fsp3) is 0.360. The molecule has 1 atom stereocenters. The predicted molar refractivity (Wildman–Crippen MR) is 123 cm³/mol. The Balaban J connectivity index is 1.78. The zero-order valence-electron chi connectivity index (χ0n) is 19.2. The number of aliphatic hydroxyl groups excluding tert-OH is 1. The number of aliphatic hydroxyl groups is 1. The molecule has 0 spiro atoms. The lowest BCUT2D eigenvalue weighted by Crippen LogP contribution is -2.33. The highest BCUT2D eigenvalue weighted by molar-refractivity contribution is 6.46. The van der Waals surface area contributed by atoms with Crippen LogP contribution in [-0.4, -0.2) is 61.8 Å². The molecule has 33 heavy (non-hydrogen) atoms. The monoisotopic (exact) mass is 452 g/mol. The highest BCUT2D eigenvalue weighted by atomic mass is 16.7. The van der Waals surface area contributed by atoms with E-state index in [0.29, 0.717) is 17.1 Å². The lowest BCUT2D eigenvalue weighted by molar-refractivity contribution is -0.140. The molecular formula is C25H28N2O6. The van der Waals surface area contributed by atoms with Crippen LogP contribution >= 0.6 is 0 Å². The second-order valence-electron chi connectivity index (χ2n) is 8.47. The van der Waals surface area contributed by atoms with E-state index in [1.165, 1.54) is 4.90 Å². The molecule has 1 saturated heterocycles. The molecule has 0 radical (unpaired) electrons. The van der Waals surface area contributed by atoms with Gasteiger partial charge < -0.3 is 29.1 Å². The highest BCUT2D eigenvalue weighted by Crippen LogP contribution is 2.41. The van der Waals surface area contributed by atoms with Gasteiger partial charge >= 0.3 is 0 Å². The zero-order valence-corrected chi connectivity index (χ0v) is 19.2. The summed E-state index contributed by atoms with van der Waals surface area (Å²) in [4.78, 5) is 29.5. The molecule has 1 unspecified atom stereocenters. The number of nitrogens with zero attached hydrogens (tertiary/aromatic N) is 2. The Kier molecular flexibility index (Phi) is 6.29. The molecule has 2 aliphatic heterocycles. The van der Waals surface area contributed by atoms with E-state index in [1.807, 2.05) is 57.1 Å². The number of anilines is 1. The maximum Gasteiger partial charge on any atom is 0.295 e. The third kappa shape index (κ3) is 4.39. The summed E-state index contributed by atoms with van der Waals surface area (Å²) in [7, 11) is 3.87. The Hall–Kier alpha value is -3.52. The SMILES string of the molecule is CC(C)OCCN1C(=O)C(=O)/C(=C(\O)c2ccc3c(c2)OCO3)C1c1ccc(N(C)C)cc1. The Labute approximate surface area is 193 Å². The lowest BCUT2D eigenvalue weighted by atomic mass is 9.95. The maximum absolute atomic E-state index is 13.1. The van der Waals surface area contributed by atoms with Gasteiger partial charge in [-0.15, -0.1) is 0 Å². The first-order valence-electron chi connectivity index (χ1n) is 10.8. The molecule has 0 aliphatic carbocycles. The van der Waals surface area contributed by atoms with Crippen molar-refractivity contribution in [1.29, 1.82) is 0 Å². The summed E-state index contributed by atoms with van der Waals surface area (Å²) in [6.45, 7) is 4.41. The Bertz CT molecular complexity index is 1090. The van der Waals surface area contributed by atoms with Crippen molar-refractivity contribution >= 4 is 23.1 Å². The summed E-state index contributed by atoms with van der Waals surface area (Å²) in [5.74, 6) is -0.595. The number of ketones is 1. The van der Waals surface area contributed by atoms with Gasteiger partial charge in [-0.25, -0.2) is 0 Å². The molecular weight excluding hydrogens is 424 g/mol. The minimum Gasteiger partial charge on any atom is -0.507 e. The molecule has 8 heteroatoms. The van der Waals surface area contributed by atoms with E-state index in [2.05, 4.69) is 0 Å². The topological polar surface area (TPSA) is 88.5 Å². The number of carbonyl (C=O) groups excluding carboxylic acids is 2. The highest BCUT2D eigenvalue weighted by Gasteiger charge is 2.46. The summed E-state index contributed by atoms with van der Waals surface area (Å²) in [6.07, 6.45) is -0.00622. The minimum absolute atomic E-state index is 0.00622. The van der Waals surface area contributed by atoms with E-state index in [9.17, 15) is 14.7 Å². The van der Waals surface area contributed by atoms with Crippen LogP contribution < -0.4 is 14.4 Å². The van der Waals surface area contributed by atoms with E-state index in [-0.39, 0.29) is 37.4 Å². The normalized spacial score (nSPS) is 18.9. The van der Waals surface area contributed by atoms with Crippen molar-refractivity contribution in [2.45, 2.75) is 26.0 Å². The fourth-order valence-electron chi connectivity index (χ4n) is 4.00. The summed E-state index contributed by atoms with van der Waals surface area (Å²) in [5, 5.41) is 11.2. The predicted octanol–water partition coefficient (Wildman–Crippen LogP) is 3.33. The number of hydrogen-bond donors (Lipinski definition) is 1. The molecule has 0 aromatic heterocycles. The van der Waals surface area contributed by atoms with Gasteiger partial charge in [-0.05, 0) is 49.7 Å². The van der Waals surface area contributed by atoms with Crippen molar-refractivity contribution in [3.05, 3.63) is 59.2 Å². The molecule has 2 aliphatic rings. The van der Waals surface area contributed by atoms with Crippen LogP contribution in [-0.2, 0) is 14.3 Å². The van der Waals surface area contributed by atoms with Gasteiger partial charge in [-0.1, -0.05) is 12.1 Å². The third-order valence-electron chi connectivity index (χ3n) is 5.69. The molecule has 0 saturated carbocycles. The number of fused-ring (bicyclic) bond motifs is 1. The van der Waals surface area contributed by atoms with Gasteiger partial charge in [-0.2, -0.15) is 0 Å². The minimum atomic E-state index is -0.734. The molecule has 2 aromatic rings. The van der Waals surface area contributed by atoms with Crippen LogP contribution in [0.25, 0.3) is 5.76 Å². The molecule has 8 nitrogen and oxygen atoms in total. The van der Waals surface area contributed by atoms with Crippen LogP contribution in [0.3, 0.4) is 0 Å². The quantitative estimate of drug-likeness (QED) is 0.392. The summed E-state index contributed by atoms with van der Waals surface area (Å²) in [5.41, 5.74) is 2.13. The van der Waals surface area contributed by atoms with E-state index in [1.54, 1.807) is 18.2 Å². The van der Waals surface area contributed by atoms with Gasteiger partial charge in [0.05, 0.1) is 24.3 Å². The van der Waals surface area contributed by atoms with Gasteiger partial charge in [0.15, 0.2) is 11.5 Å². The number of hydrogen-bond acceptors (Lipinski definition) is 7. The van der Waals surface area contributed by atoms with Crippen LogP contribution in [0.15, 0.2) is 48.0 Å². The largest absolute Gasteiger partial charge is 0.507 e. The summed E-state index contributed by atoms with van der Waals surface area (Å²) in [6, 6.07) is 11.8. The van der Waals surface area contributed by atoms with Crippen LogP contribution in [0.5, 0.6) is 11.5 Å². The number of ether oxygens (including phenoxy) is 3. The molecule has 2 heterocycles. The lowest BCUT2D eigenvalue weighted by Gasteiger charge is -2.26. The number of likely N-dealkylation sites (tertiary alicyclic amines) is 1. The number of benzene rings is 2. The zero-order chi connectivity index (χ0) is 23.7. The first kappa shape index (κ1) is 22.7. The van der Waals surface area contributed by atoms with E-state index in [0.717, 1.165) is 11.3 Å². The van der Waals surface area contributed by atoms with Crippen LogP contribution in [0.4, 0.5) is 5.69 Å². The van der Waals surface area contributed by atoms with Gasteiger partial charge in [-0.3, -0.25) is 9.59 Å². The standard InChI is InChI=1S/C25H28N2O6/c1-15(2)31-12-11-27-22(16-5-8-18(9-6-16)26(3)4)21(24(29)25(27)30)23(28)17-7-10-19-20(13-17)33-14-32-19/h5-10,13,15,22,28H,11-12,14H2,1-4H3/b23-21-. The van der Waals surface area contributed by atoms with Crippen molar-refractivity contribution in [2.24, 2.45) is 0 Å². The third-order valence-corrected chi connectivity index (χ3v) is 5.69. The van der Waals surface area contributed by atoms with Gasteiger partial charge in [0.1, 0.15) is 5.76 Å². The summed E-state index contributed by atoms with van der Waals surface area (Å²) >= 11 is 0. The molecule has 1 N–H and O–H groups in total. The average Bonchev–Trinajstić information content (AvgIpc) is 3.36. The first-order chi connectivity index (χ1) is 15.8. The number of amides is 1. The van der Waals surface area contributed by atoms with Crippen molar-refractivity contribution in [3.63, 3.8) is 0 Å². The summed E-state index contributed by atoms with van der Waals surface area (Å²) < 4.78 is 16.4. The maximum atomic E-state index is 13.1. The fourth-order valence-corrected chi connectivity index (χ4v) is 4.00. The molecule has 2 aromatic carbocycles. The van der Waals surface area contributed by atoms with Crippen LogP contribution in [0, 0.1) is 0 Å². The second-order valence-corrected chi connectivity index (χ2v) is 8.47.